The van der Waals surface area contributed by atoms with Crippen molar-refractivity contribution in [1.82, 2.24) is 15.2 Å². The number of pyridine rings is 1. The van der Waals surface area contributed by atoms with Crippen LogP contribution in [0.4, 0.5) is 13.6 Å². The van der Waals surface area contributed by atoms with Crippen LogP contribution >= 0.6 is 0 Å². The average Bonchev–Trinajstić information content (AvgIpc) is 2.69. The van der Waals surface area contributed by atoms with E-state index in [-0.39, 0.29) is 37.1 Å². The van der Waals surface area contributed by atoms with Crippen LogP contribution in [0.2, 0.25) is 0 Å². The van der Waals surface area contributed by atoms with Crippen molar-refractivity contribution in [2.75, 3.05) is 6.54 Å². The third-order valence-electron chi connectivity index (χ3n) is 4.48. The van der Waals surface area contributed by atoms with Gasteiger partial charge in [0.05, 0.1) is 6.54 Å². The second-order valence-corrected chi connectivity index (χ2v) is 8.57. The standard InChI is InChI=1S/C23H27F2N3O6/c1-23(2,3)34-22(33)26-8-4-7-18(21(31)32)27-19(29)17-6-5-9-28(20(17)30)13-14-10-15(24)12-16(25)11-14/h5-6,9-12,18H,4,7-8,13H2,1-3H3,(H,26,33)(H,27,29)(H,31,32)/t18-/m0/s1. The molecule has 11 heteroatoms. The molecule has 0 bridgehead atoms. The number of carboxylic acids is 1. The molecule has 1 aromatic heterocycles. The Kier molecular flexibility index (Phi) is 8.88. The number of carbonyl (C=O) groups excluding carboxylic acids is 2. The van der Waals surface area contributed by atoms with E-state index in [0.29, 0.717) is 6.07 Å². The van der Waals surface area contributed by atoms with E-state index in [4.69, 9.17) is 4.74 Å². The number of rotatable bonds is 9. The lowest BCUT2D eigenvalue weighted by atomic mass is 10.1. The highest BCUT2D eigenvalue weighted by atomic mass is 19.1. The van der Waals surface area contributed by atoms with Gasteiger partial charge in [-0.25, -0.2) is 18.4 Å². The van der Waals surface area contributed by atoms with E-state index >= 15 is 0 Å². The molecule has 2 aromatic rings. The minimum Gasteiger partial charge on any atom is -0.480 e. The quantitative estimate of drug-likeness (QED) is 0.475. The predicted molar refractivity (Wildman–Crippen MR) is 119 cm³/mol. The molecule has 0 fully saturated rings. The van der Waals surface area contributed by atoms with Crippen LogP contribution < -0.4 is 16.2 Å². The number of carbonyl (C=O) groups is 3. The first-order valence-electron chi connectivity index (χ1n) is 10.5. The Balaban J connectivity index is 2.02. The van der Waals surface area contributed by atoms with E-state index in [9.17, 15) is 33.1 Å². The van der Waals surface area contributed by atoms with Crippen LogP contribution in [0.1, 0.15) is 49.5 Å². The van der Waals surface area contributed by atoms with Gasteiger partial charge in [0, 0.05) is 18.8 Å². The van der Waals surface area contributed by atoms with Gasteiger partial charge in [-0.05, 0) is 63.4 Å². The first kappa shape index (κ1) is 26.5. The van der Waals surface area contributed by atoms with Gasteiger partial charge in [0.25, 0.3) is 11.5 Å². The molecule has 0 aliphatic heterocycles. The largest absolute Gasteiger partial charge is 0.480 e. The summed E-state index contributed by atoms with van der Waals surface area (Å²) in [6.45, 7) is 5.05. The Bertz CT molecular complexity index is 1090. The van der Waals surface area contributed by atoms with Gasteiger partial charge in [0.15, 0.2) is 0 Å². The third-order valence-corrected chi connectivity index (χ3v) is 4.48. The molecule has 0 aliphatic carbocycles. The van der Waals surface area contributed by atoms with Gasteiger partial charge in [0.1, 0.15) is 28.8 Å². The number of hydrogen-bond acceptors (Lipinski definition) is 5. The fourth-order valence-electron chi connectivity index (χ4n) is 3.04. The SMILES string of the molecule is CC(C)(C)OC(=O)NCCC[C@H](NC(=O)c1cccn(Cc2cc(F)cc(F)c2)c1=O)C(=O)O. The van der Waals surface area contributed by atoms with Gasteiger partial charge in [0.2, 0.25) is 0 Å². The molecule has 184 valence electrons. The highest BCUT2D eigenvalue weighted by Gasteiger charge is 2.23. The van der Waals surface area contributed by atoms with E-state index in [1.54, 1.807) is 20.8 Å². The second-order valence-electron chi connectivity index (χ2n) is 8.57. The number of aliphatic carboxylic acids is 1. The van der Waals surface area contributed by atoms with Gasteiger partial charge in [-0.2, -0.15) is 0 Å². The summed E-state index contributed by atoms with van der Waals surface area (Å²) in [7, 11) is 0. The molecule has 0 saturated carbocycles. The molecule has 1 heterocycles. The molecule has 2 rings (SSSR count). The van der Waals surface area contributed by atoms with Crippen molar-refractivity contribution < 1.29 is 33.0 Å². The Morgan fingerprint density at radius 1 is 1.15 bits per heavy atom. The summed E-state index contributed by atoms with van der Waals surface area (Å²) < 4.78 is 33.0. The zero-order valence-corrected chi connectivity index (χ0v) is 19.1. The van der Waals surface area contributed by atoms with Crippen LogP contribution in [0.5, 0.6) is 0 Å². The number of hydrogen-bond donors (Lipinski definition) is 3. The Labute approximate surface area is 194 Å². The zero-order valence-electron chi connectivity index (χ0n) is 19.1. The van der Waals surface area contributed by atoms with Crippen LogP contribution in [0.25, 0.3) is 0 Å². The minimum atomic E-state index is -1.31. The molecule has 1 atom stereocenters. The van der Waals surface area contributed by atoms with Gasteiger partial charge in [-0.1, -0.05) is 0 Å². The zero-order chi connectivity index (χ0) is 25.5. The maximum atomic E-state index is 13.4. The van der Waals surface area contributed by atoms with Gasteiger partial charge < -0.3 is 25.0 Å². The Hall–Kier alpha value is -3.76. The number of alkyl carbamates (subject to hydrolysis) is 1. The lowest BCUT2D eigenvalue weighted by Crippen LogP contribution is -2.43. The number of nitrogens with one attached hydrogen (secondary N) is 2. The fraction of sp³-hybridized carbons (Fsp3) is 0.391. The highest BCUT2D eigenvalue weighted by molar-refractivity contribution is 5.96. The van der Waals surface area contributed by atoms with Crippen molar-refractivity contribution in [3.05, 3.63) is 69.6 Å². The highest BCUT2D eigenvalue weighted by Crippen LogP contribution is 2.10. The number of halogens is 2. The summed E-state index contributed by atoms with van der Waals surface area (Å²) in [5.41, 5.74) is -1.57. The maximum Gasteiger partial charge on any atom is 0.407 e. The molecule has 0 aliphatic rings. The molecule has 3 N–H and O–H groups in total. The minimum absolute atomic E-state index is 0.0134. The van der Waals surface area contributed by atoms with E-state index in [1.807, 2.05) is 0 Å². The predicted octanol–water partition coefficient (Wildman–Crippen LogP) is 2.66. The molecule has 0 saturated heterocycles. The van der Waals surface area contributed by atoms with Gasteiger partial charge >= 0.3 is 12.1 Å². The summed E-state index contributed by atoms with van der Waals surface area (Å²) >= 11 is 0. The molecular weight excluding hydrogens is 452 g/mol. The van der Waals surface area contributed by atoms with Crippen LogP contribution in [0.15, 0.2) is 41.3 Å². The lowest BCUT2D eigenvalue weighted by Gasteiger charge is -2.20. The first-order chi connectivity index (χ1) is 15.9. The fourth-order valence-corrected chi connectivity index (χ4v) is 3.04. The van der Waals surface area contributed by atoms with Crippen LogP contribution in [-0.4, -0.2) is 45.8 Å². The average molecular weight is 479 g/mol. The van der Waals surface area contributed by atoms with Crippen molar-refractivity contribution in [3.63, 3.8) is 0 Å². The number of ether oxygens (including phenoxy) is 1. The number of carboxylic acid groups (broad SMARTS) is 1. The van der Waals surface area contributed by atoms with Crippen molar-refractivity contribution in [2.45, 2.75) is 51.8 Å². The molecule has 9 nitrogen and oxygen atoms in total. The summed E-state index contributed by atoms with van der Waals surface area (Å²) in [5.74, 6) is -3.82. The first-order valence-corrected chi connectivity index (χ1v) is 10.5. The number of nitrogens with zero attached hydrogens (tertiary/aromatic N) is 1. The van der Waals surface area contributed by atoms with Gasteiger partial charge in [-0.3, -0.25) is 9.59 Å². The van der Waals surface area contributed by atoms with Crippen molar-refractivity contribution >= 4 is 18.0 Å². The summed E-state index contributed by atoms with van der Waals surface area (Å²) in [6, 6.07) is 4.14. The summed E-state index contributed by atoms with van der Waals surface area (Å²) in [5, 5.41) is 14.2. The number of aromatic nitrogens is 1. The van der Waals surface area contributed by atoms with Crippen molar-refractivity contribution in [3.8, 4) is 0 Å². The molecular formula is C23H27F2N3O6. The van der Waals surface area contributed by atoms with Crippen molar-refractivity contribution in [2.24, 2.45) is 0 Å². The topological polar surface area (TPSA) is 127 Å². The Morgan fingerprint density at radius 3 is 2.38 bits per heavy atom. The normalized spacial score (nSPS) is 12.0. The summed E-state index contributed by atoms with van der Waals surface area (Å²) in [6.07, 6.45) is 0.909. The number of amides is 2. The maximum absolute atomic E-state index is 13.4. The van der Waals surface area contributed by atoms with Gasteiger partial charge in [-0.15, -0.1) is 0 Å². The van der Waals surface area contributed by atoms with E-state index in [2.05, 4.69) is 10.6 Å². The van der Waals surface area contributed by atoms with E-state index in [0.717, 1.165) is 16.7 Å². The second kappa shape index (κ2) is 11.4. The lowest BCUT2D eigenvalue weighted by molar-refractivity contribution is -0.139. The third kappa shape index (κ3) is 8.30. The number of benzene rings is 1. The van der Waals surface area contributed by atoms with Crippen LogP contribution in [0.3, 0.4) is 0 Å². The molecule has 0 unspecified atom stereocenters. The monoisotopic (exact) mass is 479 g/mol. The molecule has 0 radical (unpaired) electrons. The molecule has 1 aromatic carbocycles. The van der Waals surface area contributed by atoms with E-state index < -0.39 is 46.8 Å². The smallest absolute Gasteiger partial charge is 0.407 e. The molecule has 34 heavy (non-hydrogen) atoms. The van der Waals surface area contributed by atoms with Crippen molar-refractivity contribution in [1.29, 1.82) is 0 Å². The van der Waals surface area contributed by atoms with Crippen LogP contribution in [0, 0.1) is 11.6 Å². The molecule has 0 spiro atoms. The van der Waals surface area contributed by atoms with E-state index in [1.165, 1.54) is 18.3 Å². The Morgan fingerprint density at radius 2 is 1.79 bits per heavy atom. The van der Waals surface area contributed by atoms with Crippen LogP contribution in [-0.2, 0) is 16.1 Å². The summed E-state index contributed by atoms with van der Waals surface area (Å²) in [4.78, 5) is 48.5. The molecule has 2 amide bonds.